The van der Waals surface area contributed by atoms with Crippen molar-refractivity contribution in [3.8, 4) is 11.5 Å². The maximum atomic E-state index is 5.90. The second-order valence-electron chi connectivity index (χ2n) is 5.43. The van der Waals surface area contributed by atoms with E-state index in [4.69, 9.17) is 14.2 Å². The molecule has 0 bridgehead atoms. The van der Waals surface area contributed by atoms with Crippen molar-refractivity contribution in [3.05, 3.63) is 59.2 Å². The fourth-order valence-electron chi connectivity index (χ4n) is 2.31. The van der Waals surface area contributed by atoms with Gasteiger partial charge in [0, 0.05) is 20.2 Å². The molecule has 0 aliphatic heterocycles. The van der Waals surface area contributed by atoms with Crippen LogP contribution in [0.5, 0.6) is 11.5 Å². The van der Waals surface area contributed by atoms with Gasteiger partial charge < -0.3 is 19.5 Å². The van der Waals surface area contributed by atoms with E-state index in [1.54, 1.807) is 14.2 Å². The Morgan fingerprint density at radius 3 is 2.57 bits per heavy atom. The van der Waals surface area contributed by atoms with Crippen LogP contribution in [0.2, 0.25) is 0 Å². The quantitative estimate of drug-likeness (QED) is 0.721. The Kier molecular flexibility index (Phi) is 6.91. The number of aryl methyl sites for hydroxylation is 1. The highest BCUT2D eigenvalue weighted by Crippen LogP contribution is 2.28. The Balaban J connectivity index is 1.96. The van der Waals surface area contributed by atoms with Gasteiger partial charge in [-0.25, -0.2) is 0 Å². The summed E-state index contributed by atoms with van der Waals surface area (Å²) in [6, 6.07) is 14.3. The van der Waals surface area contributed by atoms with E-state index in [2.05, 4.69) is 30.4 Å². The molecule has 0 saturated heterocycles. The molecule has 0 aromatic heterocycles. The first-order valence-corrected chi connectivity index (χ1v) is 7.78. The molecule has 1 N–H and O–H groups in total. The molecule has 4 heteroatoms. The minimum Gasteiger partial charge on any atom is -0.493 e. The third kappa shape index (κ3) is 5.58. The molecular weight excluding hydrogens is 290 g/mol. The molecule has 124 valence electrons. The van der Waals surface area contributed by atoms with Crippen molar-refractivity contribution in [2.24, 2.45) is 0 Å². The van der Waals surface area contributed by atoms with Gasteiger partial charge in [0.2, 0.25) is 0 Å². The molecule has 2 rings (SSSR count). The lowest BCUT2D eigenvalue weighted by atomic mass is 10.1. The number of methoxy groups -OCH3 is 2. The van der Waals surface area contributed by atoms with E-state index in [1.165, 1.54) is 5.56 Å². The molecule has 0 radical (unpaired) electrons. The zero-order valence-electron chi connectivity index (χ0n) is 14.1. The van der Waals surface area contributed by atoms with Crippen molar-refractivity contribution in [3.63, 3.8) is 0 Å². The summed E-state index contributed by atoms with van der Waals surface area (Å²) in [5, 5.41) is 3.32. The summed E-state index contributed by atoms with van der Waals surface area (Å²) < 4.78 is 16.4. The molecule has 0 saturated carbocycles. The van der Waals surface area contributed by atoms with Crippen LogP contribution in [0, 0.1) is 6.92 Å². The molecule has 0 heterocycles. The van der Waals surface area contributed by atoms with E-state index in [-0.39, 0.29) is 0 Å². The first-order valence-electron chi connectivity index (χ1n) is 7.78. The summed E-state index contributed by atoms with van der Waals surface area (Å²) in [6.45, 7) is 4.91. The van der Waals surface area contributed by atoms with E-state index < -0.39 is 0 Å². The van der Waals surface area contributed by atoms with Crippen LogP contribution < -0.4 is 14.8 Å². The van der Waals surface area contributed by atoms with Crippen LogP contribution in [0.25, 0.3) is 0 Å². The monoisotopic (exact) mass is 315 g/mol. The zero-order chi connectivity index (χ0) is 16.5. The molecule has 4 nitrogen and oxygen atoms in total. The van der Waals surface area contributed by atoms with E-state index in [0.717, 1.165) is 35.7 Å². The van der Waals surface area contributed by atoms with Crippen molar-refractivity contribution >= 4 is 0 Å². The van der Waals surface area contributed by atoms with Crippen molar-refractivity contribution in [2.75, 3.05) is 27.4 Å². The Morgan fingerprint density at radius 1 is 0.957 bits per heavy atom. The van der Waals surface area contributed by atoms with Crippen molar-refractivity contribution in [2.45, 2.75) is 20.1 Å². The predicted molar refractivity (Wildman–Crippen MR) is 92.1 cm³/mol. The SMILES string of the molecule is COCCNCc1ccc(OCc2cccc(C)c2)c(OC)c1. The molecule has 23 heavy (non-hydrogen) atoms. The second-order valence-corrected chi connectivity index (χ2v) is 5.43. The minimum atomic E-state index is 0.531. The first-order chi connectivity index (χ1) is 11.2. The Hall–Kier alpha value is -2.04. The molecule has 2 aromatic carbocycles. The number of hydrogen-bond acceptors (Lipinski definition) is 4. The van der Waals surface area contributed by atoms with Crippen LogP contribution in [0.1, 0.15) is 16.7 Å². The standard InChI is InChI=1S/C19H25NO3/c1-15-5-4-6-17(11-15)14-23-18-8-7-16(12-19(18)22-3)13-20-9-10-21-2/h4-8,11-12,20H,9-10,13-14H2,1-3H3. The van der Waals surface area contributed by atoms with E-state index in [9.17, 15) is 0 Å². The topological polar surface area (TPSA) is 39.7 Å². The fourth-order valence-corrected chi connectivity index (χ4v) is 2.31. The summed E-state index contributed by atoms with van der Waals surface area (Å²) in [5.41, 5.74) is 3.54. The molecule has 0 atom stereocenters. The summed E-state index contributed by atoms with van der Waals surface area (Å²) in [5.74, 6) is 1.51. The molecule has 0 amide bonds. The van der Waals surface area contributed by atoms with Gasteiger partial charge in [0.05, 0.1) is 13.7 Å². The van der Waals surface area contributed by atoms with Gasteiger partial charge in [0.25, 0.3) is 0 Å². The maximum absolute atomic E-state index is 5.90. The Morgan fingerprint density at radius 2 is 1.83 bits per heavy atom. The number of nitrogens with one attached hydrogen (secondary N) is 1. The molecule has 0 unspecified atom stereocenters. The lowest BCUT2D eigenvalue weighted by molar-refractivity contribution is 0.199. The van der Waals surface area contributed by atoms with Gasteiger partial charge >= 0.3 is 0 Å². The van der Waals surface area contributed by atoms with Gasteiger partial charge in [-0.2, -0.15) is 0 Å². The highest BCUT2D eigenvalue weighted by Gasteiger charge is 2.06. The largest absolute Gasteiger partial charge is 0.493 e. The molecule has 2 aromatic rings. The van der Waals surface area contributed by atoms with Crippen LogP contribution in [0.4, 0.5) is 0 Å². The van der Waals surface area contributed by atoms with Crippen molar-refractivity contribution in [1.82, 2.24) is 5.32 Å². The Bertz CT molecular complexity index is 613. The van der Waals surface area contributed by atoms with Gasteiger partial charge in [-0.3, -0.25) is 0 Å². The lowest BCUT2D eigenvalue weighted by Gasteiger charge is -2.13. The van der Waals surface area contributed by atoms with Gasteiger partial charge in [-0.1, -0.05) is 35.9 Å². The Labute approximate surface area is 138 Å². The van der Waals surface area contributed by atoms with Crippen LogP contribution in [-0.2, 0) is 17.9 Å². The van der Waals surface area contributed by atoms with E-state index in [1.807, 2.05) is 24.3 Å². The second kappa shape index (κ2) is 9.18. The molecule has 0 spiro atoms. The molecule has 0 aliphatic carbocycles. The lowest BCUT2D eigenvalue weighted by Crippen LogP contribution is -2.18. The average Bonchev–Trinajstić information content (AvgIpc) is 2.57. The molecular formula is C19H25NO3. The summed E-state index contributed by atoms with van der Waals surface area (Å²) >= 11 is 0. The van der Waals surface area contributed by atoms with Gasteiger partial charge in [-0.05, 0) is 30.2 Å². The van der Waals surface area contributed by atoms with Crippen LogP contribution in [-0.4, -0.2) is 27.4 Å². The third-order valence-corrected chi connectivity index (χ3v) is 3.52. The summed E-state index contributed by atoms with van der Waals surface area (Å²) in [4.78, 5) is 0. The van der Waals surface area contributed by atoms with E-state index in [0.29, 0.717) is 13.2 Å². The van der Waals surface area contributed by atoms with Crippen molar-refractivity contribution < 1.29 is 14.2 Å². The number of ether oxygens (including phenoxy) is 3. The summed E-state index contributed by atoms with van der Waals surface area (Å²) in [6.07, 6.45) is 0. The van der Waals surface area contributed by atoms with Crippen LogP contribution in [0.15, 0.2) is 42.5 Å². The summed E-state index contributed by atoms with van der Waals surface area (Å²) in [7, 11) is 3.36. The van der Waals surface area contributed by atoms with Crippen LogP contribution in [0.3, 0.4) is 0 Å². The fraction of sp³-hybridized carbons (Fsp3) is 0.368. The zero-order valence-corrected chi connectivity index (χ0v) is 14.1. The molecule has 0 fully saturated rings. The van der Waals surface area contributed by atoms with Gasteiger partial charge in [-0.15, -0.1) is 0 Å². The average molecular weight is 315 g/mol. The van der Waals surface area contributed by atoms with Gasteiger partial charge in [0.1, 0.15) is 6.61 Å². The van der Waals surface area contributed by atoms with E-state index >= 15 is 0 Å². The normalized spacial score (nSPS) is 10.6. The smallest absolute Gasteiger partial charge is 0.161 e. The minimum absolute atomic E-state index is 0.531. The van der Waals surface area contributed by atoms with Crippen molar-refractivity contribution in [1.29, 1.82) is 0 Å². The van der Waals surface area contributed by atoms with Crippen LogP contribution >= 0.6 is 0 Å². The predicted octanol–water partition coefficient (Wildman–Crippen LogP) is 3.32. The number of benzene rings is 2. The third-order valence-electron chi connectivity index (χ3n) is 3.52. The van der Waals surface area contributed by atoms with Gasteiger partial charge in [0.15, 0.2) is 11.5 Å². The highest BCUT2D eigenvalue weighted by molar-refractivity contribution is 5.43. The number of hydrogen-bond donors (Lipinski definition) is 1. The highest BCUT2D eigenvalue weighted by atomic mass is 16.5. The molecule has 0 aliphatic rings. The number of rotatable bonds is 9. The maximum Gasteiger partial charge on any atom is 0.161 e. The first kappa shape index (κ1) is 17.3.